The van der Waals surface area contributed by atoms with E-state index in [-0.39, 0.29) is 18.1 Å². The Balaban J connectivity index is 3.91. The Kier molecular flexibility index (Phi) is 12.9. The summed E-state index contributed by atoms with van der Waals surface area (Å²) in [6.45, 7) is 5.73. The molecule has 0 aromatic rings. The minimum Gasteiger partial charge on any atom is -0.481 e. The lowest BCUT2D eigenvalue weighted by molar-refractivity contribution is -0.137. The van der Waals surface area contributed by atoms with Crippen molar-refractivity contribution in [1.29, 1.82) is 0 Å². The summed E-state index contributed by atoms with van der Waals surface area (Å²) in [6.07, 6.45) is 11.5. The summed E-state index contributed by atoms with van der Waals surface area (Å²) < 4.78 is 0. The highest BCUT2D eigenvalue weighted by Crippen LogP contribution is 2.25. The summed E-state index contributed by atoms with van der Waals surface area (Å²) in [6, 6.07) is 0. The molecule has 0 saturated heterocycles. The van der Waals surface area contributed by atoms with Crippen molar-refractivity contribution >= 4 is 11.8 Å². The molecule has 4 nitrogen and oxygen atoms in total. The van der Waals surface area contributed by atoms with Crippen LogP contribution < -0.4 is 0 Å². The topological polar surface area (TPSA) is 74.6 Å². The van der Waals surface area contributed by atoms with Crippen LogP contribution in [-0.4, -0.2) is 27.6 Å². The number of hydrogen-bond donors (Lipinski definition) is 2. The van der Waals surface area contributed by atoms with Crippen LogP contribution >= 0.6 is 0 Å². The normalized spacial score (nSPS) is 15.0. The number of ketones is 1. The second-order valence-corrected chi connectivity index (χ2v) is 7.50. The summed E-state index contributed by atoms with van der Waals surface area (Å²) in [4.78, 5) is 22.2. The third kappa shape index (κ3) is 13.5. The Hall–Kier alpha value is -0.900. The molecule has 24 heavy (non-hydrogen) atoms. The predicted octanol–water partition coefficient (Wildman–Crippen LogP) is 5.12. The van der Waals surface area contributed by atoms with Gasteiger partial charge in [-0.15, -0.1) is 0 Å². The zero-order valence-corrected chi connectivity index (χ0v) is 16.0. The number of aliphatic carboxylic acids is 1. The maximum Gasteiger partial charge on any atom is 0.303 e. The Morgan fingerprint density at radius 1 is 0.917 bits per heavy atom. The first-order valence-electron chi connectivity index (χ1n) is 9.73. The molecular weight excluding hydrogens is 304 g/mol. The highest BCUT2D eigenvalue weighted by Gasteiger charge is 2.21. The molecule has 0 aliphatic heterocycles. The van der Waals surface area contributed by atoms with Crippen molar-refractivity contribution in [1.82, 2.24) is 0 Å². The fourth-order valence-corrected chi connectivity index (χ4v) is 3.18. The summed E-state index contributed by atoms with van der Waals surface area (Å²) in [5, 5.41) is 19.0. The van der Waals surface area contributed by atoms with Crippen LogP contribution in [0.25, 0.3) is 0 Å². The predicted molar refractivity (Wildman–Crippen MR) is 98.1 cm³/mol. The van der Waals surface area contributed by atoms with Gasteiger partial charge in [0.1, 0.15) is 5.78 Å². The fourth-order valence-electron chi connectivity index (χ4n) is 3.18. The van der Waals surface area contributed by atoms with Crippen molar-refractivity contribution in [3.63, 3.8) is 0 Å². The Morgan fingerprint density at radius 2 is 1.50 bits per heavy atom. The number of carbonyl (C=O) groups is 2. The first kappa shape index (κ1) is 23.1. The van der Waals surface area contributed by atoms with Crippen LogP contribution in [0, 0.1) is 5.92 Å². The van der Waals surface area contributed by atoms with Crippen molar-refractivity contribution in [2.75, 3.05) is 0 Å². The van der Waals surface area contributed by atoms with Crippen molar-refractivity contribution in [2.24, 2.45) is 5.92 Å². The van der Waals surface area contributed by atoms with Gasteiger partial charge in [-0.05, 0) is 52.4 Å². The van der Waals surface area contributed by atoms with Crippen LogP contribution in [0.4, 0.5) is 0 Å². The molecule has 0 bridgehead atoms. The van der Waals surface area contributed by atoms with Gasteiger partial charge in [-0.1, -0.05) is 45.4 Å². The molecule has 0 saturated carbocycles. The van der Waals surface area contributed by atoms with Crippen molar-refractivity contribution in [3.8, 4) is 0 Å². The number of carbonyl (C=O) groups excluding carboxylic acids is 1. The van der Waals surface area contributed by atoms with E-state index in [1.165, 1.54) is 0 Å². The van der Waals surface area contributed by atoms with Gasteiger partial charge >= 0.3 is 5.97 Å². The molecule has 142 valence electrons. The highest BCUT2D eigenvalue weighted by atomic mass is 16.4. The molecule has 0 heterocycles. The van der Waals surface area contributed by atoms with Crippen molar-refractivity contribution in [2.45, 2.75) is 110 Å². The van der Waals surface area contributed by atoms with Gasteiger partial charge < -0.3 is 10.2 Å². The summed E-state index contributed by atoms with van der Waals surface area (Å²) in [5.74, 6) is -0.398. The molecule has 0 aromatic heterocycles. The molecule has 2 atom stereocenters. The standard InChI is InChI=1S/C20H38O4/c1-4-5-10-15-20(3,24)16-11-13-18(17(2)21)12-8-6-7-9-14-19(22)23/h18,24H,4-16H2,1-3H3,(H,22,23)/t18-,20-/m0/s1. The fraction of sp³-hybridized carbons (Fsp3) is 0.900. The second-order valence-electron chi connectivity index (χ2n) is 7.50. The van der Waals surface area contributed by atoms with Crippen LogP contribution in [0.15, 0.2) is 0 Å². The molecule has 0 aliphatic rings. The van der Waals surface area contributed by atoms with E-state index in [1.807, 2.05) is 6.92 Å². The van der Waals surface area contributed by atoms with E-state index in [1.54, 1.807) is 6.92 Å². The van der Waals surface area contributed by atoms with E-state index >= 15 is 0 Å². The number of carboxylic acids is 1. The van der Waals surface area contributed by atoms with Gasteiger partial charge in [0.25, 0.3) is 0 Å². The smallest absolute Gasteiger partial charge is 0.303 e. The molecule has 0 aliphatic carbocycles. The lowest BCUT2D eigenvalue weighted by Crippen LogP contribution is -2.24. The summed E-state index contributed by atoms with van der Waals surface area (Å²) in [5.41, 5.74) is -0.604. The van der Waals surface area contributed by atoms with Gasteiger partial charge in [0, 0.05) is 12.3 Å². The van der Waals surface area contributed by atoms with Gasteiger partial charge in [-0.25, -0.2) is 0 Å². The first-order valence-corrected chi connectivity index (χ1v) is 9.73. The molecule has 0 aromatic carbocycles. The molecular formula is C20H38O4. The monoisotopic (exact) mass is 342 g/mol. The highest BCUT2D eigenvalue weighted by molar-refractivity contribution is 5.78. The second kappa shape index (κ2) is 13.4. The Bertz CT molecular complexity index is 350. The van der Waals surface area contributed by atoms with Gasteiger partial charge in [0.2, 0.25) is 0 Å². The summed E-state index contributed by atoms with van der Waals surface area (Å²) >= 11 is 0. The van der Waals surface area contributed by atoms with E-state index in [0.29, 0.717) is 0 Å². The number of carboxylic acid groups (broad SMARTS) is 1. The number of Topliss-reactive ketones (excluding diaryl/α,β-unsaturated/α-hetero) is 1. The van der Waals surface area contributed by atoms with Gasteiger partial charge in [-0.2, -0.15) is 0 Å². The minimum atomic E-state index is -0.734. The van der Waals surface area contributed by atoms with Crippen molar-refractivity contribution in [3.05, 3.63) is 0 Å². The van der Waals surface area contributed by atoms with Crippen LogP contribution in [0.3, 0.4) is 0 Å². The largest absolute Gasteiger partial charge is 0.481 e. The lowest BCUT2D eigenvalue weighted by Gasteiger charge is -2.24. The van der Waals surface area contributed by atoms with Crippen LogP contribution in [0.1, 0.15) is 104 Å². The third-order valence-corrected chi connectivity index (χ3v) is 4.85. The van der Waals surface area contributed by atoms with E-state index in [2.05, 4.69) is 6.92 Å². The van der Waals surface area contributed by atoms with E-state index in [4.69, 9.17) is 5.11 Å². The maximum absolute atomic E-state index is 11.8. The van der Waals surface area contributed by atoms with Crippen LogP contribution in [-0.2, 0) is 9.59 Å². The van der Waals surface area contributed by atoms with Crippen LogP contribution in [0.2, 0.25) is 0 Å². The van der Waals surface area contributed by atoms with Crippen molar-refractivity contribution < 1.29 is 19.8 Å². The molecule has 0 amide bonds. The molecule has 2 N–H and O–H groups in total. The van der Waals surface area contributed by atoms with E-state index < -0.39 is 11.6 Å². The van der Waals surface area contributed by atoms with Gasteiger partial charge in [0.15, 0.2) is 0 Å². The van der Waals surface area contributed by atoms with E-state index in [9.17, 15) is 14.7 Å². The molecule has 0 spiro atoms. The molecule has 0 unspecified atom stereocenters. The molecule has 4 heteroatoms. The number of aliphatic hydroxyl groups is 1. The number of rotatable bonds is 16. The first-order chi connectivity index (χ1) is 11.3. The average Bonchev–Trinajstić information content (AvgIpc) is 2.48. The third-order valence-electron chi connectivity index (χ3n) is 4.85. The maximum atomic E-state index is 11.8. The lowest BCUT2D eigenvalue weighted by atomic mass is 9.87. The van der Waals surface area contributed by atoms with Gasteiger partial charge in [0.05, 0.1) is 5.60 Å². The minimum absolute atomic E-state index is 0.0934. The Morgan fingerprint density at radius 3 is 2.08 bits per heavy atom. The molecule has 0 radical (unpaired) electrons. The zero-order chi connectivity index (χ0) is 18.4. The summed E-state index contributed by atoms with van der Waals surface area (Å²) in [7, 11) is 0. The average molecular weight is 343 g/mol. The molecule has 0 fully saturated rings. The molecule has 0 rings (SSSR count). The SMILES string of the molecule is CCCCC[C@](C)(O)CCC[C@H](CCCCCCC(=O)O)C(C)=O. The zero-order valence-electron chi connectivity index (χ0n) is 16.0. The van der Waals surface area contributed by atoms with E-state index in [0.717, 1.165) is 77.0 Å². The number of hydrogen-bond acceptors (Lipinski definition) is 3. The number of unbranched alkanes of at least 4 members (excludes halogenated alkanes) is 5. The van der Waals surface area contributed by atoms with Gasteiger partial charge in [-0.3, -0.25) is 9.59 Å². The quantitative estimate of drug-likeness (QED) is 0.382. The Labute approximate surface area is 148 Å². The van der Waals surface area contributed by atoms with Crippen LogP contribution in [0.5, 0.6) is 0 Å².